The number of nitrogens with one attached hydrogen (secondary N) is 1. The number of carbonyl (C=O) groups excluding carboxylic acids is 1. The van der Waals surface area contributed by atoms with Crippen LogP contribution in [0.15, 0.2) is 43.0 Å². The van der Waals surface area contributed by atoms with Gasteiger partial charge in [0.1, 0.15) is 5.65 Å². The molecule has 0 aliphatic rings. The van der Waals surface area contributed by atoms with Gasteiger partial charge in [-0.15, -0.1) is 0 Å². The van der Waals surface area contributed by atoms with Gasteiger partial charge in [-0.1, -0.05) is 0 Å². The molecule has 0 aliphatic heterocycles. The summed E-state index contributed by atoms with van der Waals surface area (Å²) in [5.74, 6) is -0.404. The third kappa shape index (κ3) is 2.31. The van der Waals surface area contributed by atoms with Crippen molar-refractivity contribution >= 4 is 28.4 Å². The van der Waals surface area contributed by atoms with E-state index in [4.69, 9.17) is 4.74 Å². The molecule has 3 heterocycles. The van der Waals surface area contributed by atoms with E-state index in [9.17, 15) is 4.79 Å². The lowest BCUT2D eigenvalue weighted by Gasteiger charge is -2.09. The number of hydrogen-bond acceptors (Lipinski definition) is 5. The highest BCUT2D eigenvalue weighted by molar-refractivity contribution is 5.99. The molecule has 0 unspecified atom stereocenters. The first-order valence-corrected chi connectivity index (χ1v) is 6.40. The zero-order chi connectivity index (χ0) is 14.8. The number of aryl methyl sites for hydroxylation is 1. The number of pyridine rings is 2. The minimum atomic E-state index is -0.404. The predicted octanol–water partition coefficient (Wildman–Crippen LogP) is 2.50. The lowest BCUT2D eigenvalue weighted by atomic mass is 10.2. The lowest BCUT2D eigenvalue weighted by molar-refractivity contribution is 0.0602. The summed E-state index contributed by atoms with van der Waals surface area (Å²) in [6.45, 7) is 0. The highest BCUT2D eigenvalue weighted by Gasteiger charge is 2.14. The molecule has 1 N–H and O–H groups in total. The van der Waals surface area contributed by atoms with Crippen LogP contribution in [0.3, 0.4) is 0 Å². The van der Waals surface area contributed by atoms with Gasteiger partial charge in [0, 0.05) is 31.0 Å². The normalized spacial score (nSPS) is 10.6. The maximum atomic E-state index is 11.8. The molecule has 0 amide bonds. The Morgan fingerprint density at radius 2 is 2.14 bits per heavy atom. The standard InChI is InChI=1S/C15H14N4O2/c1-19-9-13(10-4-3-6-17-14(10)19)18-12-8-16-7-5-11(12)15(20)21-2/h3-9,18H,1-2H3. The van der Waals surface area contributed by atoms with Crippen LogP contribution in [0.5, 0.6) is 0 Å². The van der Waals surface area contributed by atoms with Crippen LogP contribution in [0.2, 0.25) is 0 Å². The fourth-order valence-electron chi connectivity index (χ4n) is 2.24. The number of aromatic nitrogens is 3. The van der Waals surface area contributed by atoms with Gasteiger partial charge in [0.25, 0.3) is 0 Å². The van der Waals surface area contributed by atoms with E-state index < -0.39 is 5.97 Å². The van der Waals surface area contributed by atoms with Gasteiger partial charge in [-0.05, 0) is 18.2 Å². The van der Waals surface area contributed by atoms with Crippen molar-refractivity contribution < 1.29 is 9.53 Å². The molecule has 0 radical (unpaired) electrons. The van der Waals surface area contributed by atoms with Crippen LogP contribution in [0.1, 0.15) is 10.4 Å². The van der Waals surface area contributed by atoms with Gasteiger partial charge in [-0.3, -0.25) is 4.98 Å². The smallest absolute Gasteiger partial charge is 0.340 e. The summed E-state index contributed by atoms with van der Waals surface area (Å²) in [7, 11) is 3.28. The van der Waals surface area contributed by atoms with Crippen molar-refractivity contribution in [3.63, 3.8) is 0 Å². The second-order valence-corrected chi connectivity index (χ2v) is 4.57. The number of esters is 1. The Balaban J connectivity index is 2.05. The molecule has 0 spiro atoms. The van der Waals surface area contributed by atoms with Crippen molar-refractivity contribution in [2.75, 3.05) is 12.4 Å². The van der Waals surface area contributed by atoms with Crippen LogP contribution in [0.25, 0.3) is 11.0 Å². The fraction of sp³-hybridized carbons (Fsp3) is 0.133. The summed E-state index contributed by atoms with van der Waals surface area (Å²) < 4.78 is 6.71. The third-order valence-electron chi connectivity index (χ3n) is 3.23. The number of hydrogen-bond donors (Lipinski definition) is 1. The van der Waals surface area contributed by atoms with E-state index in [1.54, 1.807) is 24.7 Å². The van der Waals surface area contributed by atoms with Gasteiger partial charge in [-0.2, -0.15) is 0 Å². The van der Waals surface area contributed by atoms with E-state index in [-0.39, 0.29) is 0 Å². The Kier molecular flexibility index (Phi) is 3.27. The van der Waals surface area contributed by atoms with Gasteiger partial charge in [0.2, 0.25) is 0 Å². The Labute approximate surface area is 121 Å². The molecule has 0 aromatic carbocycles. The van der Waals surface area contributed by atoms with Gasteiger partial charge in [-0.25, -0.2) is 9.78 Å². The number of fused-ring (bicyclic) bond motifs is 1. The van der Waals surface area contributed by atoms with E-state index in [1.807, 2.05) is 29.9 Å². The quantitative estimate of drug-likeness (QED) is 0.747. The molecule has 0 saturated heterocycles. The van der Waals surface area contributed by atoms with Crippen LogP contribution in [0.4, 0.5) is 11.4 Å². The first kappa shape index (κ1) is 13.1. The topological polar surface area (TPSA) is 69.0 Å². The first-order valence-electron chi connectivity index (χ1n) is 6.40. The predicted molar refractivity (Wildman–Crippen MR) is 79.6 cm³/mol. The van der Waals surface area contributed by atoms with Gasteiger partial charge in [0.15, 0.2) is 0 Å². The van der Waals surface area contributed by atoms with E-state index in [0.29, 0.717) is 11.3 Å². The van der Waals surface area contributed by atoms with E-state index >= 15 is 0 Å². The van der Waals surface area contributed by atoms with Gasteiger partial charge < -0.3 is 14.6 Å². The molecule has 0 bridgehead atoms. The van der Waals surface area contributed by atoms with E-state index in [2.05, 4.69) is 15.3 Å². The molecule has 21 heavy (non-hydrogen) atoms. The molecule has 0 fully saturated rings. The van der Waals surface area contributed by atoms with Crippen molar-refractivity contribution in [3.8, 4) is 0 Å². The zero-order valence-electron chi connectivity index (χ0n) is 11.7. The number of rotatable bonds is 3. The number of anilines is 2. The second-order valence-electron chi connectivity index (χ2n) is 4.57. The molecule has 106 valence electrons. The molecule has 3 rings (SSSR count). The number of nitrogens with zero attached hydrogens (tertiary/aromatic N) is 3. The largest absolute Gasteiger partial charge is 0.465 e. The molecule has 0 saturated carbocycles. The Morgan fingerprint density at radius 3 is 2.95 bits per heavy atom. The summed E-state index contributed by atoms with van der Waals surface area (Å²) in [5, 5.41) is 4.20. The second kappa shape index (κ2) is 5.24. The summed E-state index contributed by atoms with van der Waals surface area (Å²) in [6, 6.07) is 5.47. The Bertz CT molecular complexity index is 810. The summed E-state index contributed by atoms with van der Waals surface area (Å²) in [4.78, 5) is 20.2. The average molecular weight is 282 g/mol. The average Bonchev–Trinajstić information content (AvgIpc) is 2.84. The van der Waals surface area contributed by atoms with Crippen LogP contribution >= 0.6 is 0 Å². The van der Waals surface area contributed by atoms with Crippen LogP contribution < -0.4 is 5.32 Å². The minimum Gasteiger partial charge on any atom is -0.465 e. The van der Waals surface area contributed by atoms with Gasteiger partial charge in [0.05, 0.1) is 30.2 Å². The third-order valence-corrected chi connectivity index (χ3v) is 3.23. The maximum absolute atomic E-state index is 11.8. The highest BCUT2D eigenvalue weighted by atomic mass is 16.5. The van der Waals surface area contributed by atoms with Crippen LogP contribution in [-0.2, 0) is 11.8 Å². The van der Waals surface area contributed by atoms with Crippen molar-refractivity contribution in [3.05, 3.63) is 48.5 Å². The molecular weight excluding hydrogens is 268 g/mol. The zero-order valence-corrected chi connectivity index (χ0v) is 11.7. The lowest BCUT2D eigenvalue weighted by Crippen LogP contribution is -2.05. The number of ether oxygens (including phenoxy) is 1. The molecule has 0 atom stereocenters. The Morgan fingerprint density at radius 1 is 1.29 bits per heavy atom. The Hall–Kier alpha value is -2.89. The summed E-state index contributed by atoms with van der Waals surface area (Å²) in [5.41, 5.74) is 2.76. The fourth-order valence-corrected chi connectivity index (χ4v) is 2.24. The van der Waals surface area contributed by atoms with E-state index in [0.717, 1.165) is 16.7 Å². The van der Waals surface area contributed by atoms with Crippen LogP contribution in [0, 0.1) is 0 Å². The molecule has 3 aromatic heterocycles. The molecule has 0 aliphatic carbocycles. The maximum Gasteiger partial charge on any atom is 0.340 e. The van der Waals surface area contributed by atoms with Gasteiger partial charge >= 0.3 is 5.97 Å². The minimum absolute atomic E-state index is 0.404. The molecule has 6 heteroatoms. The van der Waals surface area contributed by atoms with Crippen molar-refractivity contribution in [1.29, 1.82) is 0 Å². The van der Waals surface area contributed by atoms with Crippen molar-refractivity contribution in [2.24, 2.45) is 7.05 Å². The summed E-state index contributed by atoms with van der Waals surface area (Å²) >= 11 is 0. The van der Waals surface area contributed by atoms with Crippen LogP contribution in [-0.4, -0.2) is 27.6 Å². The van der Waals surface area contributed by atoms with Crippen molar-refractivity contribution in [1.82, 2.24) is 14.5 Å². The summed E-state index contributed by atoms with van der Waals surface area (Å²) in [6.07, 6.45) is 6.82. The number of carbonyl (C=O) groups is 1. The SMILES string of the molecule is COC(=O)c1ccncc1Nc1cn(C)c2ncccc12. The number of methoxy groups -OCH3 is 1. The molecule has 6 nitrogen and oxygen atoms in total. The highest BCUT2D eigenvalue weighted by Crippen LogP contribution is 2.28. The first-order chi connectivity index (χ1) is 10.2. The molecular formula is C15H14N4O2. The monoisotopic (exact) mass is 282 g/mol. The van der Waals surface area contributed by atoms with E-state index in [1.165, 1.54) is 7.11 Å². The molecule has 3 aromatic rings. The van der Waals surface area contributed by atoms with Crippen molar-refractivity contribution in [2.45, 2.75) is 0 Å².